The van der Waals surface area contributed by atoms with Crippen LogP contribution in [0.25, 0.3) is 33.7 Å². The molecule has 0 unspecified atom stereocenters. The number of aromatic nitrogens is 6. The predicted molar refractivity (Wildman–Crippen MR) is 227 cm³/mol. The van der Waals surface area contributed by atoms with Crippen molar-refractivity contribution in [2.45, 2.75) is 79.0 Å². The van der Waals surface area contributed by atoms with E-state index in [4.69, 9.17) is 25.7 Å². The smallest absolute Gasteiger partial charge is 0.328 e. The van der Waals surface area contributed by atoms with Crippen molar-refractivity contribution in [1.29, 1.82) is 0 Å². The van der Waals surface area contributed by atoms with Gasteiger partial charge < -0.3 is 11.1 Å². The first-order valence-electron chi connectivity index (χ1n) is 19.3. The number of pyridine rings is 2. The molecule has 4 aromatic heterocycles. The molecule has 296 valence electrons. The molecule has 13 heteroatoms. The second-order valence-electron chi connectivity index (χ2n) is 14.2. The maximum Gasteiger partial charge on any atom is 0.328 e. The molecular formula is C44H51N9O3S. The van der Waals surface area contributed by atoms with E-state index >= 15 is 0 Å². The third-order valence-electron chi connectivity index (χ3n) is 9.72. The molecule has 0 spiro atoms. The van der Waals surface area contributed by atoms with Gasteiger partial charge in [-0.3, -0.25) is 9.13 Å². The first-order valence-corrected chi connectivity index (χ1v) is 20.8. The van der Waals surface area contributed by atoms with Gasteiger partial charge in [0.1, 0.15) is 22.7 Å². The number of hydrogen-bond acceptors (Lipinski definition) is 8. The number of nitrogens with zero attached hydrogens (tertiary/aromatic N) is 6. The second-order valence-corrected chi connectivity index (χ2v) is 15.9. The molecule has 7 aromatic rings. The highest BCUT2D eigenvalue weighted by Crippen LogP contribution is 2.26. The lowest BCUT2D eigenvalue weighted by Gasteiger charge is -2.11. The van der Waals surface area contributed by atoms with Crippen molar-refractivity contribution >= 4 is 38.4 Å². The molecule has 0 atom stereocenters. The summed E-state index contributed by atoms with van der Waals surface area (Å²) in [6.45, 7) is 15.2. The zero-order chi connectivity index (χ0) is 40.9. The van der Waals surface area contributed by atoms with Gasteiger partial charge in [-0.15, -0.1) is 0 Å². The van der Waals surface area contributed by atoms with E-state index in [1.54, 1.807) is 12.1 Å². The summed E-state index contributed by atoms with van der Waals surface area (Å²) in [5.74, 6) is 1.99. The molecule has 0 saturated heterocycles. The Balaban J connectivity index is 0.000000214. The Morgan fingerprint density at radius 1 is 0.649 bits per heavy atom. The molecule has 0 bridgehead atoms. The molecule has 0 aliphatic carbocycles. The van der Waals surface area contributed by atoms with Gasteiger partial charge in [0.25, 0.3) is 10.0 Å². The number of nitrogens with two attached hydrogens (primary N) is 1. The first-order chi connectivity index (χ1) is 27.3. The SMILES string of the molecule is CCc1nc2c(C)cc(C)nc2n1-c1ccc(CCN)cc1.CCc1nc2c(C)cc(C)nc2n1-c1ccc(CCNC(=O)NS(=O)(=O)c2ccc(C)cc2)cc1. The van der Waals surface area contributed by atoms with Gasteiger partial charge in [0, 0.05) is 42.1 Å². The number of urea groups is 1. The van der Waals surface area contributed by atoms with Crippen LogP contribution >= 0.6 is 0 Å². The highest BCUT2D eigenvalue weighted by atomic mass is 32.2. The summed E-state index contributed by atoms with van der Waals surface area (Å²) in [7, 11) is -3.91. The Kier molecular flexibility index (Phi) is 12.5. The Hall–Kier alpha value is -5.92. The molecule has 57 heavy (non-hydrogen) atoms. The number of carbonyl (C=O) groups is 1. The number of hydrogen-bond donors (Lipinski definition) is 3. The number of benzene rings is 3. The molecular weight excluding hydrogens is 735 g/mol. The summed E-state index contributed by atoms with van der Waals surface area (Å²) in [5.41, 5.74) is 18.9. The molecule has 4 heterocycles. The molecule has 12 nitrogen and oxygen atoms in total. The predicted octanol–water partition coefficient (Wildman–Crippen LogP) is 7.24. The topological polar surface area (TPSA) is 163 Å². The van der Waals surface area contributed by atoms with Crippen LogP contribution in [-0.4, -0.2) is 56.6 Å². The van der Waals surface area contributed by atoms with Gasteiger partial charge in [0.05, 0.1) is 4.90 Å². The summed E-state index contributed by atoms with van der Waals surface area (Å²) < 4.78 is 31.0. The van der Waals surface area contributed by atoms with E-state index in [1.807, 2.05) is 62.7 Å². The molecule has 0 fully saturated rings. The summed E-state index contributed by atoms with van der Waals surface area (Å²) in [5, 5.41) is 2.61. The van der Waals surface area contributed by atoms with Crippen molar-refractivity contribution in [2.24, 2.45) is 5.73 Å². The molecule has 0 aliphatic heterocycles. The third kappa shape index (κ3) is 9.22. The summed E-state index contributed by atoms with van der Waals surface area (Å²) in [6, 6.07) is 26.2. The van der Waals surface area contributed by atoms with Crippen LogP contribution < -0.4 is 15.8 Å². The Labute approximate surface area is 334 Å². The summed E-state index contributed by atoms with van der Waals surface area (Å²) in [4.78, 5) is 31.2. The molecule has 0 radical (unpaired) electrons. The zero-order valence-corrected chi connectivity index (χ0v) is 34.5. The van der Waals surface area contributed by atoms with Gasteiger partial charge >= 0.3 is 6.03 Å². The normalized spacial score (nSPS) is 11.4. The van der Waals surface area contributed by atoms with Crippen LogP contribution in [0.5, 0.6) is 0 Å². The maximum absolute atomic E-state index is 12.3. The maximum atomic E-state index is 12.3. The van der Waals surface area contributed by atoms with E-state index in [2.05, 4.69) is 65.6 Å². The lowest BCUT2D eigenvalue weighted by Crippen LogP contribution is -2.40. The fourth-order valence-electron chi connectivity index (χ4n) is 6.87. The quantitative estimate of drug-likeness (QED) is 0.124. The minimum Gasteiger partial charge on any atom is -0.337 e. The monoisotopic (exact) mass is 785 g/mol. The number of aryl methyl sites for hydroxylation is 7. The first kappa shape index (κ1) is 40.7. The van der Waals surface area contributed by atoms with E-state index in [0.717, 1.165) is 92.7 Å². The van der Waals surface area contributed by atoms with Crippen LogP contribution in [0.2, 0.25) is 0 Å². The highest BCUT2D eigenvalue weighted by Gasteiger charge is 2.18. The fraction of sp³-hybridized carbons (Fsp3) is 0.295. The average Bonchev–Trinajstić information content (AvgIpc) is 3.74. The lowest BCUT2D eigenvalue weighted by molar-refractivity contribution is 0.246. The molecule has 0 saturated carbocycles. The van der Waals surface area contributed by atoms with Crippen LogP contribution in [0.4, 0.5) is 4.79 Å². The highest BCUT2D eigenvalue weighted by molar-refractivity contribution is 7.90. The zero-order valence-electron chi connectivity index (χ0n) is 33.7. The number of nitrogens with one attached hydrogen (secondary N) is 2. The minimum absolute atomic E-state index is 0.0483. The Morgan fingerprint density at radius 3 is 1.54 bits per heavy atom. The number of amides is 2. The van der Waals surface area contributed by atoms with Crippen LogP contribution in [0.15, 0.2) is 89.8 Å². The van der Waals surface area contributed by atoms with Gasteiger partial charge in [-0.1, -0.05) is 55.8 Å². The van der Waals surface area contributed by atoms with Gasteiger partial charge in [0.2, 0.25) is 0 Å². The molecule has 7 rings (SSSR count). The van der Waals surface area contributed by atoms with Crippen LogP contribution in [0, 0.1) is 34.6 Å². The number of fused-ring (bicyclic) bond motifs is 2. The Bertz CT molecular complexity index is 2630. The van der Waals surface area contributed by atoms with E-state index in [0.29, 0.717) is 19.5 Å². The van der Waals surface area contributed by atoms with Crippen molar-refractivity contribution in [3.63, 3.8) is 0 Å². The van der Waals surface area contributed by atoms with Gasteiger partial charge in [-0.2, -0.15) is 0 Å². The van der Waals surface area contributed by atoms with E-state index < -0.39 is 16.1 Å². The van der Waals surface area contributed by atoms with Crippen molar-refractivity contribution in [3.8, 4) is 11.4 Å². The minimum atomic E-state index is -3.91. The van der Waals surface area contributed by atoms with Crippen molar-refractivity contribution in [3.05, 3.63) is 136 Å². The molecule has 2 amide bonds. The van der Waals surface area contributed by atoms with Gasteiger partial charge in [-0.05, 0) is 125 Å². The Morgan fingerprint density at radius 2 is 1.11 bits per heavy atom. The van der Waals surface area contributed by atoms with Crippen LogP contribution in [0.1, 0.15) is 64.7 Å². The van der Waals surface area contributed by atoms with E-state index in [-0.39, 0.29) is 4.90 Å². The number of rotatable bonds is 11. The van der Waals surface area contributed by atoms with Crippen molar-refractivity contribution in [1.82, 2.24) is 39.1 Å². The molecule has 0 aliphatic rings. The van der Waals surface area contributed by atoms with Crippen LogP contribution in [0.3, 0.4) is 0 Å². The number of carbonyl (C=O) groups excluding carboxylic acids is 1. The standard InChI is InChI=1S/C26H29N5O3S.C18H22N4/c1-5-23-29-24-18(3)16-19(4)28-25(24)31(23)21-10-8-20(9-11-21)14-15-27-26(32)30-35(33,34)22-12-6-17(2)7-13-22;1-4-16-21-17-12(2)11-13(3)20-18(17)22(16)15-7-5-14(6-8-15)9-10-19/h6-13,16H,5,14-15H2,1-4H3,(H2,27,30,32);5-8,11H,4,9-10,19H2,1-3H3. The third-order valence-corrected chi connectivity index (χ3v) is 11.1. The largest absolute Gasteiger partial charge is 0.337 e. The van der Waals surface area contributed by atoms with Crippen LogP contribution in [-0.2, 0) is 35.7 Å². The van der Waals surface area contributed by atoms with Gasteiger partial charge in [-0.25, -0.2) is 37.9 Å². The second kappa shape index (κ2) is 17.5. The lowest BCUT2D eigenvalue weighted by atomic mass is 10.1. The number of imidazole rings is 2. The summed E-state index contributed by atoms with van der Waals surface area (Å²) in [6.07, 6.45) is 3.11. The van der Waals surface area contributed by atoms with Crippen molar-refractivity contribution < 1.29 is 13.2 Å². The van der Waals surface area contributed by atoms with E-state index in [9.17, 15) is 13.2 Å². The summed E-state index contributed by atoms with van der Waals surface area (Å²) >= 11 is 0. The van der Waals surface area contributed by atoms with Crippen molar-refractivity contribution in [2.75, 3.05) is 13.1 Å². The van der Waals surface area contributed by atoms with E-state index in [1.165, 1.54) is 23.3 Å². The number of sulfonamides is 1. The molecule has 4 N–H and O–H groups in total. The molecule has 3 aromatic carbocycles. The van der Waals surface area contributed by atoms with Gasteiger partial charge in [0.15, 0.2) is 11.3 Å². The fourth-order valence-corrected chi connectivity index (χ4v) is 7.80. The average molecular weight is 786 g/mol.